The van der Waals surface area contributed by atoms with E-state index >= 15 is 0 Å². The Morgan fingerprint density at radius 2 is 1.73 bits per heavy atom. The van der Waals surface area contributed by atoms with Gasteiger partial charge in [-0.05, 0) is 37.8 Å². The molecule has 0 unspecified atom stereocenters. The van der Waals surface area contributed by atoms with Crippen LogP contribution in [0, 0.1) is 0 Å². The van der Waals surface area contributed by atoms with Crippen LogP contribution in [0.25, 0.3) is 10.9 Å². The lowest BCUT2D eigenvalue weighted by Gasteiger charge is -2.35. The lowest BCUT2D eigenvalue weighted by Crippen LogP contribution is -2.51. The fourth-order valence-electron chi connectivity index (χ4n) is 4.42. The third kappa shape index (κ3) is 4.12. The highest BCUT2D eigenvalue weighted by atomic mass is 16.2. The number of carbonyl (C=O) groups excluding carboxylic acids is 2. The second-order valence-electron chi connectivity index (χ2n) is 8.66. The smallest absolute Gasteiger partial charge is 0.257 e. The van der Waals surface area contributed by atoms with Crippen LogP contribution >= 0.6 is 0 Å². The number of amides is 2. The average Bonchev–Trinajstić information content (AvgIpc) is 3.40. The first-order valence-corrected chi connectivity index (χ1v) is 11.1. The zero-order chi connectivity index (χ0) is 20.5. The summed E-state index contributed by atoms with van der Waals surface area (Å²) in [6.45, 7) is 5.07. The molecule has 7 heteroatoms. The maximum atomic E-state index is 13.5. The second kappa shape index (κ2) is 8.22. The molecule has 0 bridgehead atoms. The Balaban J connectivity index is 1.30. The van der Waals surface area contributed by atoms with E-state index in [0.29, 0.717) is 31.2 Å². The van der Waals surface area contributed by atoms with Crippen LogP contribution in [0.5, 0.6) is 0 Å². The molecular weight excluding hydrogens is 378 g/mol. The zero-order valence-corrected chi connectivity index (χ0v) is 17.3. The lowest BCUT2D eigenvalue weighted by atomic mass is 10.1. The number of pyridine rings is 1. The number of para-hydroxylation sites is 1. The first-order valence-electron chi connectivity index (χ1n) is 11.1. The van der Waals surface area contributed by atoms with Gasteiger partial charge in [0.1, 0.15) is 5.82 Å². The molecule has 1 aromatic carbocycles. The quantitative estimate of drug-likeness (QED) is 0.820. The molecule has 2 amide bonds. The summed E-state index contributed by atoms with van der Waals surface area (Å²) in [7, 11) is 0. The fraction of sp³-hybridized carbons (Fsp3) is 0.522. The minimum Gasteiger partial charge on any atom is -0.356 e. The van der Waals surface area contributed by atoms with Crippen LogP contribution in [-0.2, 0) is 4.79 Å². The van der Waals surface area contributed by atoms with Crippen LogP contribution in [0.15, 0.2) is 30.3 Å². The Labute approximate surface area is 177 Å². The predicted octanol–water partition coefficient (Wildman–Crippen LogP) is 1.87. The van der Waals surface area contributed by atoms with Gasteiger partial charge in [0.25, 0.3) is 5.91 Å². The molecule has 1 aliphatic carbocycles. The number of hydrogen-bond acceptors (Lipinski definition) is 5. The van der Waals surface area contributed by atoms with Crippen LogP contribution < -0.4 is 10.2 Å². The van der Waals surface area contributed by atoms with Crippen LogP contribution in [0.3, 0.4) is 0 Å². The van der Waals surface area contributed by atoms with Crippen LogP contribution in [-0.4, -0.2) is 78.5 Å². The number of aromatic nitrogens is 1. The highest BCUT2D eigenvalue weighted by molar-refractivity contribution is 6.02. The number of nitrogens with one attached hydrogen (secondary N) is 1. The molecule has 2 aliphatic heterocycles. The third-order valence-electron chi connectivity index (χ3n) is 6.31. The van der Waals surface area contributed by atoms with Gasteiger partial charge in [0, 0.05) is 50.7 Å². The molecule has 30 heavy (non-hydrogen) atoms. The summed E-state index contributed by atoms with van der Waals surface area (Å²) in [6.07, 6.45) is 4.49. The minimum absolute atomic E-state index is 0.0530. The van der Waals surface area contributed by atoms with E-state index in [1.807, 2.05) is 35.2 Å². The predicted molar refractivity (Wildman–Crippen MR) is 117 cm³/mol. The van der Waals surface area contributed by atoms with Gasteiger partial charge >= 0.3 is 0 Å². The van der Waals surface area contributed by atoms with E-state index in [-0.39, 0.29) is 11.8 Å². The topological polar surface area (TPSA) is 68.8 Å². The summed E-state index contributed by atoms with van der Waals surface area (Å²) < 4.78 is 0. The average molecular weight is 408 g/mol. The number of piperazine rings is 1. The molecule has 1 N–H and O–H groups in total. The van der Waals surface area contributed by atoms with Gasteiger partial charge in [-0.1, -0.05) is 18.2 Å². The molecule has 1 aromatic heterocycles. The molecule has 3 heterocycles. The Morgan fingerprint density at radius 3 is 2.47 bits per heavy atom. The highest BCUT2D eigenvalue weighted by Gasteiger charge is 2.29. The van der Waals surface area contributed by atoms with Crippen molar-refractivity contribution in [3.8, 4) is 0 Å². The Kier molecular flexibility index (Phi) is 5.29. The van der Waals surface area contributed by atoms with E-state index in [0.717, 1.165) is 68.6 Å². The van der Waals surface area contributed by atoms with Gasteiger partial charge in [-0.25, -0.2) is 4.98 Å². The number of fused-ring (bicyclic) bond motifs is 1. The molecule has 2 saturated heterocycles. The van der Waals surface area contributed by atoms with Crippen molar-refractivity contribution in [2.24, 2.45) is 0 Å². The Hall–Kier alpha value is -2.67. The molecule has 0 atom stereocenters. The monoisotopic (exact) mass is 407 g/mol. The van der Waals surface area contributed by atoms with E-state index in [9.17, 15) is 9.59 Å². The molecule has 3 fully saturated rings. The van der Waals surface area contributed by atoms with Crippen LogP contribution in [0.2, 0.25) is 0 Å². The lowest BCUT2D eigenvalue weighted by molar-refractivity contribution is -0.122. The van der Waals surface area contributed by atoms with Gasteiger partial charge in [0.05, 0.1) is 17.6 Å². The van der Waals surface area contributed by atoms with Gasteiger partial charge in [-0.2, -0.15) is 0 Å². The summed E-state index contributed by atoms with van der Waals surface area (Å²) in [6, 6.07) is 10.4. The summed E-state index contributed by atoms with van der Waals surface area (Å²) >= 11 is 0. The zero-order valence-electron chi connectivity index (χ0n) is 17.3. The van der Waals surface area contributed by atoms with E-state index in [1.165, 1.54) is 0 Å². The summed E-state index contributed by atoms with van der Waals surface area (Å²) in [4.78, 5) is 36.7. The first kappa shape index (κ1) is 19.3. The molecule has 3 aliphatic rings. The largest absolute Gasteiger partial charge is 0.356 e. The van der Waals surface area contributed by atoms with Crippen molar-refractivity contribution in [1.29, 1.82) is 0 Å². The van der Waals surface area contributed by atoms with E-state index < -0.39 is 0 Å². The normalized spacial score (nSPS) is 20.0. The Morgan fingerprint density at radius 1 is 1.00 bits per heavy atom. The van der Waals surface area contributed by atoms with Crippen molar-refractivity contribution in [3.05, 3.63) is 35.9 Å². The summed E-state index contributed by atoms with van der Waals surface area (Å²) in [5.41, 5.74) is 1.64. The van der Waals surface area contributed by atoms with Crippen LogP contribution in [0.4, 0.5) is 5.82 Å². The number of anilines is 1. The SMILES string of the molecule is O=C(CN1CCN(C(=O)c2cc3ccccc3nc2N2CCCC2)CC1)NC1CC1. The molecular formula is C23H29N5O2. The Bertz CT molecular complexity index is 944. The van der Waals surface area contributed by atoms with Gasteiger partial charge in [-0.15, -0.1) is 0 Å². The highest BCUT2D eigenvalue weighted by Crippen LogP contribution is 2.28. The molecule has 1 saturated carbocycles. The number of nitrogens with zero attached hydrogens (tertiary/aromatic N) is 4. The van der Waals surface area contributed by atoms with E-state index in [1.54, 1.807) is 0 Å². The second-order valence-corrected chi connectivity index (χ2v) is 8.66. The number of benzene rings is 1. The molecule has 2 aromatic rings. The van der Waals surface area contributed by atoms with Gasteiger partial charge < -0.3 is 15.1 Å². The number of hydrogen-bond donors (Lipinski definition) is 1. The molecule has 0 radical (unpaired) electrons. The number of carbonyl (C=O) groups is 2. The van der Waals surface area contributed by atoms with Crippen molar-refractivity contribution in [2.45, 2.75) is 31.7 Å². The molecule has 7 nitrogen and oxygen atoms in total. The van der Waals surface area contributed by atoms with Crippen molar-refractivity contribution in [1.82, 2.24) is 20.1 Å². The summed E-state index contributed by atoms with van der Waals surface area (Å²) in [5, 5.41) is 4.04. The first-order chi connectivity index (χ1) is 14.7. The van der Waals surface area contributed by atoms with Crippen LogP contribution in [0.1, 0.15) is 36.0 Å². The van der Waals surface area contributed by atoms with Gasteiger partial charge in [0.15, 0.2) is 0 Å². The molecule has 0 spiro atoms. The van der Waals surface area contributed by atoms with Gasteiger partial charge in [0.2, 0.25) is 5.91 Å². The molecule has 158 valence electrons. The van der Waals surface area contributed by atoms with E-state index in [2.05, 4.69) is 15.1 Å². The van der Waals surface area contributed by atoms with Crippen molar-refractivity contribution in [2.75, 3.05) is 50.7 Å². The number of rotatable bonds is 5. The summed E-state index contributed by atoms with van der Waals surface area (Å²) in [5.74, 6) is 0.979. The van der Waals surface area contributed by atoms with Crippen molar-refractivity contribution in [3.63, 3.8) is 0 Å². The molecule has 5 rings (SSSR count). The maximum Gasteiger partial charge on any atom is 0.257 e. The fourth-order valence-corrected chi connectivity index (χ4v) is 4.42. The van der Waals surface area contributed by atoms with Crippen molar-refractivity contribution >= 4 is 28.5 Å². The standard InChI is InChI=1S/C23H29N5O2/c29-21(24-18-7-8-18)16-26-11-13-28(14-12-26)23(30)19-15-17-5-1-2-6-20(17)25-22(19)27-9-3-4-10-27/h1-2,5-6,15,18H,3-4,7-14,16H2,(H,24,29). The third-order valence-corrected chi connectivity index (χ3v) is 6.31. The maximum absolute atomic E-state index is 13.5. The van der Waals surface area contributed by atoms with E-state index in [4.69, 9.17) is 4.98 Å². The minimum atomic E-state index is 0.0530. The van der Waals surface area contributed by atoms with Crippen molar-refractivity contribution < 1.29 is 9.59 Å². The van der Waals surface area contributed by atoms with Gasteiger partial charge in [-0.3, -0.25) is 14.5 Å².